The van der Waals surface area contributed by atoms with Gasteiger partial charge in [-0.2, -0.15) is 0 Å². The maximum atomic E-state index is 12.9. The lowest BCUT2D eigenvalue weighted by molar-refractivity contribution is 0.102. The first kappa shape index (κ1) is 25.8. The zero-order chi connectivity index (χ0) is 26.2. The molecule has 192 valence electrons. The molecule has 0 aliphatic rings. The molecule has 4 rings (SSSR count). The number of ether oxygens (including phenoxy) is 3. The van der Waals surface area contributed by atoms with Crippen molar-refractivity contribution in [1.82, 2.24) is 9.88 Å². The Morgan fingerprint density at radius 1 is 0.973 bits per heavy atom. The molecule has 0 radical (unpaired) electrons. The highest BCUT2D eigenvalue weighted by Crippen LogP contribution is 2.28. The summed E-state index contributed by atoms with van der Waals surface area (Å²) in [6.45, 7) is 1.00. The lowest BCUT2D eigenvalue weighted by Crippen LogP contribution is -2.16. The van der Waals surface area contributed by atoms with Crippen LogP contribution >= 0.6 is 0 Å². The molecule has 8 heteroatoms. The minimum atomic E-state index is -0.219. The van der Waals surface area contributed by atoms with Crippen molar-refractivity contribution in [2.75, 3.05) is 40.2 Å². The van der Waals surface area contributed by atoms with Crippen molar-refractivity contribution in [1.29, 1.82) is 0 Å². The summed E-state index contributed by atoms with van der Waals surface area (Å²) in [5.41, 5.74) is 3.87. The number of hydrogen-bond donors (Lipinski definition) is 1. The summed E-state index contributed by atoms with van der Waals surface area (Å²) in [6, 6.07) is 20.7. The van der Waals surface area contributed by atoms with E-state index >= 15 is 0 Å². The van der Waals surface area contributed by atoms with E-state index in [1.165, 1.54) is 6.26 Å². The number of anilines is 1. The molecule has 37 heavy (non-hydrogen) atoms. The van der Waals surface area contributed by atoms with Crippen LogP contribution in [0, 0.1) is 0 Å². The van der Waals surface area contributed by atoms with Gasteiger partial charge in [0.1, 0.15) is 5.76 Å². The van der Waals surface area contributed by atoms with Gasteiger partial charge in [0.15, 0.2) is 11.5 Å². The monoisotopic (exact) mass is 501 g/mol. The lowest BCUT2D eigenvalue weighted by atomic mass is 10.1. The Labute approximate surface area is 216 Å². The molecule has 0 fully saturated rings. The smallest absolute Gasteiger partial charge is 0.259 e. The van der Waals surface area contributed by atoms with Crippen molar-refractivity contribution in [2.24, 2.45) is 0 Å². The number of benzene rings is 2. The van der Waals surface area contributed by atoms with Gasteiger partial charge in [-0.05, 0) is 56.1 Å². The number of amides is 1. The third-order valence-corrected chi connectivity index (χ3v) is 5.68. The molecule has 2 aromatic carbocycles. The molecule has 0 saturated carbocycles. The van der Waals surface area contributed by atoms with Crippen molar-refractivity contribution in [3.05, 3.63) is 89.9 Å². The van der Waals surface area contributed by atoms with E-state index in [0.717, 1.165) is 16.8 Å². The van der Waals surface area contributed by atoms with Crippen LogP contribution in [-0.4, -0.2) is 50.7 Å². The molecule has 0 saturated heterocycles. The molecule has 8 nitrogen and oxygen atoms in total. The van der Waals surface area contributed by atoms with Crippen LogP contribution in [0.25, 0.3) is 11.3 Å². The van der Waals surface area contributed by atoms with E-state index in [1.54, 1.807) is 20.3 Å². The average molecular weight is 502 g/mol. The number of methoxy groups -OCH3 is 2. The van der Waals surface area contributed by atoms with E-state index in [-0.39, 0.29) is 5.91 Å². The highest BCUT2D eigenvalue weighted by atomic mass is 16.5. The lowest BCUT2D eigenvalue weighted by Gasteiger charge is -2.11. The van der Waals surface area contributed by atoms with Crippen LogP contribution < -0.4 is 19.5 Å². The van der Waals surface area contributed by atoms with Crippen LogP contribution in [0.3, 0.4) is 0 Å². The number of nitrogens with zero attached hydrogens (tertiary/aromatic N) is 2. The Kier molecular flexibility index (Phi) is 8.43. The number of aromatic nitrogens is 1. The topological polar surface area (TPSA) is 86.1 Å². The molecular formula is C29H31N3O5. The molecular weight excluding hydrogens is 470 g/mol. The van der Waals surface area contributed by atoms with E-state index in [0.29, 0.717) is 54.0 Å². The highest BCUT2D eigenvalue weighted by molar-refractivity contribution is 6.05. The number of pyridine rings is 1. The summed E-state index contributed by atoms with van der Waals surface area (Å²) < 4.78 is 22.1. The van der Waals surface area contributed by atoms with E-state index < -0.39 is 0 Å². The third kappa shape index (κ3) is 6.68. The van der Waals surface area contributed by atoms with Gasteiger partial charge >= 0.3 is 0 Å². The Hall–Kier alpha value is -4.30. The molecule has 2 aromatic heterocycles. The minimum absolute atomic E-state index is 0.219. The average Bonchev–Trinajstić information content (AvgIpc) is 3.36. The number of carbonyl (C=O) groups is 1. The van der Waals surface area contributed by atoms with Crippen molar-refractivity contribution < 1.29 is 23.4 Å². The Morgan fingerprint density at radius 2 is 1.78 bits per heavy atom. The summed E-state index contributed by atoms with van der Waals surface area (Å²) in [5, 5.41) is 2.96. The molecule has 1 N–H and O–H groups in total. The molecule has 0 aliphatic heterocycles. The van der Waals surface area contributed by atoms with E-state index in [9.17, 15) is 4.79 Å². The minimum Gasteiger partial charge on any atom is -0.493 e. The van der Waals surface area contributed by atoms with Gasteiger partial charge in [0.05, 0.1) is 44.9 Å². The molecule has 0 spiro atoms. The van der Waals surface area contributed by atoms with Crippen LogP contribution in [0.2, 0.25) is 0 Å². The largest absolute Gasteiger partial charge is 0.493 e. The van der Waals surface area contributed by atoms with Crippen molar-refractivity contribution in [3.8, 4) is 28.6 Å². The second-order valence-electron chi connectivity index (χ2n) is 8.68. The molecule has 4 aromatic rings. The van der Waals surface area contributed by atoms with Gasteiger partial charge in [0, 0.05) is 23.7 Å². The zero-order valence-electron chi connectivity index (χ0n) is 21.5. The second-order valence-corrected chi connectivity index (χ2v) is 8.68. The quantitative estimate of drug-likeness (QED) is 0.299. The third-order valence-electron chi connectivity index (χ3n) is 5.68. The molecule has 0 atom stereocenters. The molecule has 0 aliphatic carbocycles. The predicted octanol–water partition coefficient (Wildman–Crippen LogP) is 5.29. The first-order valence-corrected chi connectivity index (χ1v) is 11.9. The van der Waals surface area contributed by atoms with Crippen molar-refractivity contribution in [3.63, 3.8) is 0 Å². The predicted molar refractivity (Wildman–Crippen MR) is 142 cm³/mol. The van der Waals surface area contributed by atoms with Crippen LogP contribution in [0.1, 0.15) is 21.7 Å². The highest BCUT2D eigenvalue weighted by Gasteiger charge is 2.16. The van der Waals surface area contributed by atoms with Gasteiger partial charge in [-0.3, -0.25) is 4.79 Å². The van der Waals surface area contributed by atoms with Crippen LogP contribution in [-0.2, 0) is 13.0 Å². The van der Waals surface area contributed by atoms with Crippen molar-refractivity contribution >= 4 is 11.6 Å². The Morgan fingerprint density at radius 3 is 2.57 bits per heavy atom. The number of carbonyl (C=O) groups excluding carboxylic acids is 1. The van der Waals surface area contributed by atoms with E-state index in [2.05, 4.69) is 10.3 Å². The normalized spacial score (nSPS) is 10.8. The molecule has 2 heterocycles. The van der Waals surface area contributed by atoms with Crippen molar-refractivity contribution in [2.45, 2.75) is 13.0 Å². The van der Waals surface area contributed by atoms with Crippen LogP contribution in [0.5, 0.6) is 17.4 Å². The summed E-state index contributed by atoms with van der Waals surface area (Å²) in [6.07, 6.45) is 2.22. The van der Waals surface area contributed by atoms with E-state index in [4.69, 9.17) is 18.6 Å². The first-order valence-electron chi connectivity index (χ1n) is 11.9. The fraction of sp³-hybridized carbons (Fsp3) is 0.241. The second kappa shape index (κ2) is 12.1. The maximum absolute atomic E-state index is 12.9. The SMILES string of the molecule is COc1ccc(CCOc2cccc(-c3cccc(NC(=O)c4ccoc4CN(C)C)c3)n2)cc1OC. The summed E-state index contributed by atoms with van der Waals surface area (Å²) in [4.78, 5) is 19.5. The van der Waals surface area contributed by atoms with Gasteiger partial charge in [0.2, 0.25) is 5.88 Å². The van der Waals surface area contributed by atoms with Gasteiger partial charge in [0.25, 0.3) is 5.91 Å². The van der Waals surface area contributed by atoms with E-state index in [1.807, 2.05) is 79.7 Å². The molecule has 0 bridgehead atoms. The Bertz CT molecular complexity index is 1350. The number of hydrogen-bond acceptors (Lipinski definition) is 7. The van der Waals surface area contributed by atoms with Crippen LogP contribution in [0.4, 0.5) is 5.69 Å². The zero-order valence-corrected chi connectivity index (χ0v) is 21.5. The summed E-state index contributed by atoms with van der Waals surface area (Å²) in [5.74, 6) is 2.31. The maximum Gasteiger partial charge on any atom is 0.259 e. The van der Waals surface area contributed by atoms with Gasteiger partial charge in [-0.1, -0.05) is 24.3 Å². The molecule has 1 amide bonds. The fourth-order valence-corrected chi connectivity index (χ4v) is 3.87. The van der Waals surface area contributed by atoms with Crippen LogP contribution in [0.15, 0.2) is 77.4 Å². The van der Waals surface area contributed by atoms with Gasteiger partial charge in [-0.15, -0.1) is 0 Å². The molecule has 0 unspecified atom stereocenters. The summed E-state index contributed by atoms with van der Waals surface area (Å²) >= 11 is 0. The standard InChI is InChI=1S/C29H31N3O5/c1-32(2)19-27-23(14-16-36-27)29(33)30-22-8-5-7-21(18-22)24-9-6-10-28(31-24)37-15-13-20-11-12-25(34-3)26(17-20)35-4/h5-12,14,16-18H,13,15,19H2,1-4H3,(H,30,33). The van der Waals surface area contributed by atoms with Gasteiger partial charge in [-0.25, -0.2) is 4.98 Å². The number of nitrogens with one attached hydrogen (secondary N) is 1. The summed E-state index contributed by atoms with van der Waals surface area (Å²) in [7, 11) is 7.09. The first-order chi connectivity index (χ1) is 18.0. The fourth-order valence-electron chi connectivity index (χ4n) is 3.87. The van der Waals surface area contributed by atoms with Gasteiger partial charge < -0.3 is 28.8 Å². The number of rotatable bonds is 11. The number of furan rings is 1. The Balaban J connectivity index is 1.40.